The number of nitrogens with two attached hydrogens (primary N) is 1. The maximum absolute atomic E-state index is 11.0. The van der Waals surface area contributed by atoms with E-state index in [0.29, 0.717) is 6.42 Å². The maximum Gasteiger partial charge on any atom is 0.337 e. The molecule has 5 heteroatoms. The molecule has 0 fully saturated rings. The van der Waals surface area contributed by atoms with Gasteiger partial charge < -0.3 is 10.5 Å². The molecule has 1 atom stereocenters. The minimum atomic E-state index is -0.760. The number of hydrogen-bond acceptors (Lipinski definition) is 5. The van der Waals surface area contributed by atoms with Gasteiger partial charge in [0.2, 0.25) is 0 Å². The largest absolute Gasteiger partial charge is 0.389 e. The fraction of sp³-hybridized carbons (Fsp3) is 0.500. The molecule has 13 heavy (non-hydrogen) atoms. The van der Waals surface area contributed by atoms with Gasteiger partial charge in [-0.1, -0.05) is 6.58 Å². The van der Waals surface area contributed by atoms with Gasteiger partial charge in [0.25, 0.3) is 0 Å². The van der Waals surface area contributed by atoms with Crippen molar-refractivity contribution in [3.05, 3.63) is 12.7 Å². The average molecular weight is 203 g/mol. The van der Waals surface area contributed by atoms with Gasteiger partial charge in [-0.15, -0.1) is 0 Å². The zero-order valence-corrected chi connectivity index (χ0v) is 8.30. The van der Waals surface area contributed by atoms with Crippen molar-refractivity contribution >= 4 is 23.7 Å². The Bertz CT molecular complexity index is 206. The van der Waals surface area contributed by atoms with E-state index in [9.17, 15) is 9.59 Å². The van der Waals surface area contributed by atoms with Gasteiger partial charge in [-0.3, -0.25) is 0 Å². The molecule has 2 N–H and O–H groups in total. The molecular weight excluding hydrogens is 190 g/mol. The lowest BCUT2D eigenvalue weighted by Crippen LogP contribution is -2.33. The number of esters is 2. The lowest BCUT2D eigenvalue weighted by atomic mass is 10.2. The van der Waals surface area contributed by atoms with Gasteiger partial charge in [0.1, 0.15) is 6.04 Å². The first-order chi connectivity index (χ1) is 6.11. The molecule has 0 radical (unpaired) electrons. The van der Waals surface area contributed by atoms with Crippen LogP contribution in [-0.2, 0) is 14.3 Å². The molecule has 0 unspecified atom stereocenters. The zero-order chi connectivity index (χ0) is 10.3. The van der Waals surface area contributed by atoms with Crippen LogP contribution in [0.4, 0.5) is 0 Å². The van der Waals surface area contributed by atoms with E-state index < -0.39 is 18.0 Å². The van der Waals surface area contributed by atoms with Gasteiger partial charge in [0.15, 0.2) is 0 Å². The van der Waals surface area contributed by atoms with Crippen molar-refractivity contribution in [2.45, 2.75) is 12.5 Å². The second-order valence-corrected chi connectivity index (χ2v) is 3.32. The maximum atomic E-state index is 11.0. The highest BCUT2D eigenvalue weighted by molar-refractivity contribution is 7.98. The molecule has 74 valence electrons. The minimum absolute atomic E-state index is 0.504. The SMILES string of the molecule is C=CC(=O)OC(=O)[C@@H](N)CCSC. The van der Waals surface area contributed by atoms with Crippen molar-refractivity contribution < 1.29 is 14.3 Å². The molecule has 0 aliphatic heterocycles. The number of ether oxygens (including phenoxy) is 1. The van der Waals surface area contributed by atoms with Crippen molar-refractivity contribution in [1.82, 2.24) is 0 Å². The predicted molar refractivity (Wildman–Crippen MR) is 52.3 cm³/mol. The Morgan fingerprint density at radius 1 is 1.69 bits per heavy atom. The smallest absolute Gasteiger partial charge is 0.337 e. The summed E-state index contributed by atoms with van der Waals surface area (Å²) in [4.78, 5) is 21.6. The van der Waals surface area contributed by atoms with Crippen molar-refractivity contribution in [2.24, 2.45) is 5.73 Å². The summed E-state index contributed by atoms with van der Waals surface area (Å²) in [6.07, 6.45) is 3.34. The van der Waals surface area contributed by atoms with Crippen molar-refractivity contribution in [1.29, 1.82) is 0 Å². The van der Waals surface area contributed by atoms with Crippen LogP contribution in [0.15, 0.2) is 12.7 Å². The fourth-order valence-corrected chi connectivity index (χ4v) is 1.07. The molecule has 0 rings (SSSR count). The molecule has 0 heterocycles. The summed E-state index contributed by atoms with van der Waals surface area (Å²) in [5.74, 6) is -0.693. The Labute approximate surface area is 81.5 Å². The van der Waals surface area contributed by atoms with Crippen LogP contribution >= 0.6 is 11.8 Å². The summed E-state index contributed by atoms with van der Waals surface area (Å²) in [7, 11) is 0. The van der Waals surface area contributed by atoms with E-state index in [-0.39, 0.29) is 0 Å². The van der Waals surface area contributed by atoms with E-state index in [2.05, 4.69) is 11.3 Å². The number of hydrogen-bond donors (Lipinski definition) is 1. The first-order valence-corrected chi connectivity index (χ1v) is 5.13. The zero-order valence-electron chi connectivity index (χ0n) is 7.49. The molecule has 0 aromatic carbocycles. The van der Waals surface area contributed by atoms with E-state index in [4.69, 9.17) is 5.73 Å². The summed E-state index contributed by atoms with van der Waals surface area (Å²) in [6, 6.07) is -0.726. The van der Waals surface area contributed by atoms with Crippen LogP contribution in [0, 0.1) is 0 Å². The molecule has 0 saturated heterocycles. The van der Waals surface area contributed by atoms with E-state index in [1.54, 1.807) is 11.8 Å². The normalized spacial score (nSPS) is 11.8. The molecule has 0 aromatic rings. The second-order valence-electron chi connectivity index (χ2n) is 2.33. The fourth-order valence-electron chi connectivity index (χ4n) is 0.579. The number of rotatable bonds is 5. The van der Waals surface area contributed by atoms with Crippen LogP contribution < -0.4 is 5.73 Å². The molecule has 0 aliphatic rings. The van der Waals surface area contributed by atoms with Crippen LogP contribution in [0.1, 0.15) is 6.42 Å². The van der Waals surface area contributed by atoms with Gasteiger partial charge in [0, 0.05) is 6.08 Å². The molecule has 4 nitrogen and oxygen atoms in total. The summed E-state index contributed by atoms with van der Waals surface area (Å²) in [5, 5.41) is 0. The standard InChI is InChI=1S/C8H13NO3S/c1-3-7(10)12-8(11)6(9)4-5-13-2/h3,6H,1,4-5,9H2,2H3/t6-/m0/s1. The van der Waals surface area contributed by atoms with Gasteiger partial charge in [-0.25, -0.2) is 9.59 Å². The minimum Gasteiger partial charge on any atom is -0.389 e. The lowest BCUT2D eigenvalue weighted by molar-refractivity contribution is -0.157. The van der Waals surface area contributed by atoms with E-state index in [1.165, 1.54) is 0 Å². The third-order valence-corrected chi connectivity index (χ3v) is 1.95. The first kappa shape index (κ1) is 12.2. The predicted octanol–water partition coefficient (Wildman–Crippen LogP) is 0.323. The highest BCUT2D eigenvalue weighted by Gasteiger charge is 2.16. The Morgan fingerprint density at radius 3 is 2.77 bits per heavy atom. The van der Waals surface area contributed by atoms with Crippen molar-refractivity contribution in [2.75, 3.05) is 12.0 Å². The summed E-state index contributed by atoms with van der Waals surface area (Å²) < 4.78 is 4.33. The Morgan fingerprint density at radius 2 is 2.31 bits per heavy atom. The van der Waals surface area contributed by atoms with Crippen molar-refractivity contribution in [3.63, 3.8) is 0 Å². The van der Waals surface area contributed by atoms with Gasteiger partial charge in [-0.05, 0) is 18.4 Å². The summed E-state index contributed by atoms with van der Waals surface area (Å²) in [5.41, 5.74) is 5.43. The molecule has 0 aromatic heterocycles. The van der Waals surface area contributed by atoms with Gasteiger partial charge >= 0.3 is 11.9 Å². The third kappa shape index (κ3) is 5.43. The first-order valence-electron chi connectivity index (χ1n) is 3.74. The number of carbonyl (C=O) groups excluding carboxylic acids is 2. The molecule has 0 amide bonds. The second kappa shape index (κ2) is 6.68. The quantitative estimate of drug-likeness (QED) is 0.396. The molecule has 0 saturated carbocycles. The summed E-state index contributed by atoms with van der Waals surface area (Å²) >= 11 is 1.58. The Kier molecular flexibility index (Phi) is 6.26. The van der Waals surface area contributed by atoms with Crippen LogP contribution in [-0.4, -0.2) is 30.0 Å². The van der Waals surface area contributed by atoms with E-state index in [1.807, 2.05) is 6.26 Å². The lowest BCUT2D eigenvalue weighted by Gasteiger charge is -2.07. The molecular formula is C8H13NO3S. The molecule has 0 aliphatic carbocycles. The van der Waals surface area contributed by atoms with Gasteiger partial charge in [0.05, 0.1) is 0 Å². The van der Waals surface area contributed by atoms with E-state index in [0.717, 1.165) is 11.8 Å². The topological polar surface area (TPSA) is 69.4 Å². The van der Waals surface area contributed by atoms with Crippen LogP contribution in [0.3, 0.4) is 0 Å². The number of carbonyl (C=O) groups is 2. The Hall–Kier alpha value is -0.810. The van der Waals surface area contributed by atoms with Crippen LogP contribution in [0.2, 0.25) is 0 Å². The monoisotopic (exact) mass is 203 g/mol. The van der Waals surface area contributed by atoms with E-state index >= 15 is 0 Å². The highest BCUT2D eigenvalue weighted by atomic mass is 32.2. The summed E-state index contributed by atoms with van der Waals surface area (Å²) in [6.45, 7) is 3.16. The van der Waals surface area contributed by atoms with Crippen LogP contribution in [0.5, 0.6) is 0 Å². The molecule has 0 bridgehead atoms. The third-order valence-electron chi connectivity index (χ3n) is 1.30. The average Bonchev–Trinajstić information content (AvgIpc) is 2.13. The molecule has 0 spiro atoms. The number of thioether (sulfide) groups is 1. The van der Waals surface area contributed by atoms with Gasteiger partial charge in [-0.2, -0.15) is 11.8 Å². The van der Waals surface area contributed by atoms with Crippen LogP contribution in [0.25, 0.3) is 0 Å². The highest BCUT2D eigenvalue weighted by Crippen LogP contribution is 2.00. The van der Waals surface area contributed by atoms with Crippen molar-refractivity contribution in [3.8, 4) is 0 Å². The Balaban J connectivity index is 3.81.